The largest absolute Gasteiger partial charge is 0.480 e. The fourth-order valence-electron chi connectivity index (χ4n) is 3.88. The second kappa shape index (κ2) is 9.12. The normalized spacial score (nSPS) is 13.2. The highest BCUT2D eigenvalue weighted by Gasteiger charge is 2.29. The first-order valence-electron chi connectivity index (χ1n) is 9.72. The predicted molar refractivity (Wildman–Crippen MR) is 122 cm³/mol. The van der Waals surface area contributed by atoms with E-state index in [0.717, 1.165) is 27.8 Å². The minimum Gasteiger partial charge on any atom is -0.480 e. The number of halogens is 2. The molecule has 1 aliphatic carbocycles. The van der Waals surface area contributed by atoms with Gasteiger partial charge in [0, 0.05) is 16.8 Å². The van der Waals surface area contributed by atoms with E-state index in [0.29, 0.717) is 9.50 Å². The molecule has 1 amide bonds. The highest BCUT2D eigenvalue weighted by Crippen LogP contribution is 2.44. The summed E-state index contributed by atoms with van der Waals surface area (Å²) < 4.78 is 6.12. The molecule has 31 heavy (non-hydrogen) atoms. The Hall–Kier alpha value is -2.83. The van der Waals surface area contributed by atoms with Crippen LogP contribution in [0.25, 0.3) is 11.1 Å². The molecule has 0 fully saturated rings. The fourth-order valence-corrected chi connectivity index (χ4v) is 4.43. The van der Waals surface area contributed by atoms with Gasteiger partial charge in [0.15, 0.2) is 0 Å². The second-order valence-electron chi connectivity index (χ2n) is 7.31. The number of carbonyl (C=O) groups is 2. The van der Waals surface area contributed by atoms with Crippen LogP contribution in [-0.2, 0) is 16.0 Å². The van der Waals surface area contributed by atoms with E-state index < -0.39 is 18.1 Å². The maximum Gasteiger partial charge on any atom is 0.407 e. The van der Waals surface area contributed by atoms with E-state index >= 15 is 0 Å². The van der Waals surface area contributed by atoms with Gasteiger partial charge in [0.2, 0.25) is 0 Å². The van der Waals surface area contributed by atoms with Gasteiger partial charge >= 0.3 is 12.1 Å². The van der Waals surface area contributed by atoms with Crippen LogP contribution < -0.4 is 5.32 Å². The van der Waals surface area contributed by atoms with Crippen molar-refractivity contribution in [2.45, 2.75) is 18.4 Å². The van der Waals surface area contributed by atoms with Crippen LogP contribution in [0.1, 0.15) is 22.6 Å². The van der Waals surface area contributed by atoms with Crippen LogP contribution in [0.4, 0.5) is 4.79 Å². The molecule has 0 saturated heterocycles. The number of carboxylic acid groups (broad SMARTS) is 1. The van der Waals surface area contributed by atoms with Crippen molar-refractivity contribution in [3.8, 4) is 11.1 Å². The van der Waals surface area contributed by atoms with E-state index in [9.17, 15) is 14.7 Å². The summed E-state index contributed by atoms with van der Waals surface area (Å²) in [6.45, 7) is 0.124. The Balaban J connectivity index is 1.43. The third-order valence-electron chi connectivity index (χ3n) is 5.36. The summed E-state index contributed by atoms with van der Waals surface area (Å²) in [6.07, 6.45) is -0.655. The van der Waals surface area contributed by atoms with E-state index in [1.165, 1.54) is 0 Å². The number of alkyl carbamates (subject to hydrolysis) is 1. The van der Waals surface area contributed by atoms with E-state index in [4.69, 9.17) is 16.3 Å². The number of hydrogen-bond acceptors (Lipinski definition) is 3. The molecule has 0 aliphatic heterocycles. The average molecular weight is 501 g/mol. The molecule has 1 atom stereocenters. The summed E-state index contributed by atoms with van der Waals surface area (Å²) >= 11 is 9.31. The van der Waals surface area contributed by atoms with Gasteiger partial charge in [-0.2, -0.15) is 0 Å². The second-order valence-corrected chi connectivity index (χ2v) is 8.57. The van der Waals surface area contributed by atoms with Gasteiger partial charge in [-0.3, -0.25) is 0 Å². The number of rotatable bonds is 6. The SMILES string of the molecule is O=C(N[C@@H](Cc1ccc(Cl)c(Br)c1)C(=O)O)OCC1c2ccccc2-c2ccccc21. The lowest BCUT2D eigenvalue weighted by atomic mass is 9.98. The minimum absolute atomic E-state index is 0.0892. The molecule has 3 aromatic carbocycles. The van der Waals surface area contributed by atoms with Crippen LogP contribution in [0, 0.1) is 0 Å². The zero-order valence-electron chi connectivity index (χ0n) is 16.3. The molecule has 158 valence electrons. The quantitative estimate of drug-likeness (QED) is 0.459. The van der Waals surface area contributed by atoms with Gasteiger partial charge in [-0.15, -0.1) is 0 Å². The van der Waals surface area contributed by atoms with Gasteiger partial charge in [0.1, 0.15) is 12.6 Å². The molecular formula is C24H19BrClNO4. The van der Waals surface area contributed by atoms with Gasteiger partial charge in [0.05, 0.1) is 5.02 Å². The summed E-state index contributed by atoms with van der Waals surface area (Å²) in [5.74, 6) is -1.23. The minimum atomic E-state index is -1.14. The third kappa shape index (κ3) is 4.60. The zero-order chi connectivity index (χ0) is 22.0. The third-order valence-corrected chi connectivity index (χ3v) is 6.57. The molecule has 3 aromatic rings. The molecule has 1 aliphatic rings. The zero-order valence-corrected chi connectivity index (χ0v) is 18.7. The van der Waals surface area contributed by atoms with E-state index in [-0.39, 0.29) is 18.9 Å². The average Bonchev–Trinajstić information content (AvgIpc) is 3.08. The fraction of sp³-hybridized carbons (Fsp3) is 0.167. The highest BCUT2D eigenvalue weighted by atomic mass is 79.9. The summed E-state index contributed by atoms with van der Waals surface area (Å²) in [5, 5.41) is 12.5. The lowest BCUT2D eigenvalue weighted by molar-refractivity contribution is -0.139. The maximum absolute atomic E-state index is 12.4. The number of carbonyl (C=O) groups excluding carboxylic acids is 1. The Kier molecular flexibility index (Phi) is 6.30. The number of ether oxygens (including phenoxy) is 1. The van der Waals surface area contributed by atoms with Gasteiger partial charge in [0.25, 0.3) is 0 Å². The van der Waals surface area contributed by atoms with E-state index in [1.807, 2.05) is 36.4 Å². The Labute approximate surface area is 193 Å². The van der Waals surface area contributed by atoms with Gasteiger partial charge in [-0.05, 0) is 55.9 Å². The first-order valence-corrected chi connectivity index (χ1v) is 10.9. The molecule has 0 radical (unpaired) electrons. The molecule has 0 saturated carbocycles. The summed E-state index contributed by atoms with van der Waals surface area (Å²) in [5.41, 5.74) is 5.17. The molecule has 0 aromatic heterocycles. The maximum atomic E-state index is 12.4. The first kappa shape index (κ1) is 21.4. The smallest absolute Gasteiger partial charge is 0.407 e. The van der Waals surface area contributed by atoms with Crippen molar-refractivity contribution in [2.24, 2.45) is 0 Å². The standard InChI is InChI=1S/C24H19BrClNO4/c25-20-11-14(9-10-21(20)26)12-22(23(28)29)27-24(30)31-13-19-17-7-3-1-5-15(17)16-6-2-4-8-18(16)19/h1-11,19,22H,12-13H2,(H,27,30)(H,28,29)/t22-/m0/s1. The van der Waals surface area contributed by atoms with Crippen molar-refractivity contribution in [1.29, 1.82) is 0 Å². The van der Waals surface area contributed by atoms with Gasteiger partial charge in [-0.1, -0.05) is 66.2 Å². The molecule has 0 bridgehead atoms. The lowest BCUT2D eigenvalue weighted by Gasteiger charge is -2.17. The predicted octanol–water partition coefficient (Wildman–Crippen LogP) is 5.64. The van der Waals surface area contributed by atoms with Crippen LogP contribution in [0.2, 0.25) is 5.02 Å². The summed E-state index contributed by atoms with van der Waals surface area (Å²) in [7, 11) is 0. The van der Waals surface area contributed by atoms with E-state index in [2.05, 4.69) is 33.4 Å². The number of nitrogens with one attached hydrogen (secondary N) is 1. The van der Waals surface area contributed by atoms with Crippen LogP contribution in [-0.4, -0.2) is 29.8 Å². The number of amides is 1. The Morgan fingerprint density at radius 2 is 1.65 bits per heavy atom. The van der Waals surface area contributed by atoms with Crippen LogP contribution in [0.5, 0.6) is 0 Å². The van der Waals surface area contributed by atoms with Crippen molar-refractivity contribution in [3.63, 3.8) is 0 Å². The Morgan fingerprint density at radius 1 is 1.03 bits per heavy atom. The number of carboxylic acids is 1. The van der Waals surface area contributed by atoms with Crippen molar-refractivity contribution in [2.75, 3.05) is 6.61 Å². The number of benzene rings is 3. The Bertz CT molecular complexity index is 1100. The molecule has 0 unspecified atom stereocenters. The number of fused-ring (bicyclic) bond motifs is 3. The van der Waals surface area contributed by atoms with Crippen LogP contribution >= 0.6 is 27.5 Å². The molecular weight excluding hydrogens is 482 g/mol. The monoisotopic (exact) mass is 499 g/mol. The Morgan fingerprint density at radius 3 is 2.23 bits per heavy atom. The number of aliphatic carboxylic acids is 1. The lowest BCUT2D eigenvalue weighted by Crippen LogP contribution is -2.42. The molecule has 4 rings (SSSR count). The van der Waals surface area contributed by atoms with Crippen LogP contribution in [0.15, 0.2) is 71.2 Å². The van der Waals surface area contributed by atoms with Gasteiger partial charge < -0.3 is 15.2 Å². The van der Waals surface area contributed by atoms with Crippen molar-refractivity contribution in [1.82, 2.24) is 5.32 Å². The number of hydrogen-bond donors (Lipinski definition) is 2. The molecule has 0 spiro atoms. The topological polar surface area (TPSA) is 75.6 Å². The van der Waals surface area contributed by atoms with Crippen LogP contribution in [0.3, 0.4) is 0 Å². The molecule has 0 heterocycles. The van der Waals surface area contributed by atoms with E-state index in [1.54, 1.807) is 18.2 Å². The summed E-state index contributed by atoms with van der Waals surface area (Å²) in [4.78, 5) is 24.1. The molecule has 5 nitrogen and oxygen atoms in total. The molecule has 2 N–H and O–H groups in total. The van der Waals surface area contributed by atoms with Gasteiger partial charge in [-0.25, -0.2) is 9.59 Å². The molecule has 7 heteroatoms. The first-order chi connectivity index (χ1) is 14.9. The van der Waals surface area contributed by atoms with Crippen molar-refractivity contribution >= 4 is 39.6 Å². The summed E-state index contributed by atoms with van der Waals surface area (Å²) in [6, 6.07) is 20.1. The van der Waals surface area contributed by atoms with Crippen molar-refractivity contribution in [3.05, 3.63) is 92.9 Å². The highest BCUT2D eigenvalue weighted by molar-refractivity contribution is 9.10. The van der Waals surface area contributed by atoms with Crippen molar-refractivity contribution < 1.29 is 19.4 Å².